The van der Waals surface area contributed by atoms with E-state index >= 15 is 0 Å². The van der Waals surface area contributed by atoms with Gasteiger partial charge in [0.2, 0.25) is 0 Å². The van der Waals surface area contributed by atoms with E-state index in [0.717, 1.165) is 51.0 Å². The number of aryl methyl sites for hydroxylation is 2. The summed E-state index contributed by atoms with van der Waals surface area (Å²) in [7, 11) is 1.65. The first-order valence-electron chi connectivity index (χ1n) is 9.99. The monoisotopic (exact) mass is 465 g/mol. The van der Waals surface area contributed by atoms with Crippen LogP contribution in [0.5, 0.6) is 5.75 Å². The average Bonchev–Trinajstić information content (AvgIpc) is 2.77. The minimum Gasteiger partial charge on any atom is -0.497 e. The van der Waals surface area contributed by atoms with Gasteiger partial charge in [-0.2, -0.15) is 0 Å². The van der Waals surface area contributed by atoms with Crippen molar-refractivity contribution in [1.29, 1.82) is 0 Å². The number of hydrogen-bond donors (Lipinski definition) is 0. The summed E-state index contributed by atoms with van der Waals surface area (Å²) < 4.78 is 12.1. The molecule has 1 aliphatic heterocycles. The van der Waals surface area contributed by atoms with Crippen LogP contribution in [0.15, 0.2) is 71.2 Å². The number of carbonyl (C=O) groups excluding carboxylic acids is 1. The number of fused-ring (bicyclic) bond motifs is 1. The summed E-state index contributed by atoms with van der Waals surface area (Å²) in [5.41, 5.74) is 5.20. The van der Waals surface area contributed by atoms with Crippen molar-refractivity contribution < 1.29 is 14.3 Å². The quantitative estimate of drug-likeness (QED) is 0.435. The van der Waals surface area contributed by atoms with Crippen molar-refractivity contribution in [1.82, 2.24) is 0 Å². The summed E-state index contributed by atoms with van der Waals surface area (Å²) in [5, 5.41) is 0. The standard InChI is InChI=1S/C25H24BrNO3/c1-17-13-20-11-12-23(19-9-6-10-21(15-19)29-2)27(24(20)22(26)14-17)25(28)30-16-18-7-4-3-5-8-18/h3-10,13-15,23H,11-12,16H2,1-2H3. The van der Waals surface area contributed by atoms with Gasteiger partial charge in [0, 0.05) is 4.47 Å². The van der Waals surface area contributed by atoms with E-state index in [9.17, 15) is 4.79 Å². The minimum atomic E-state index is -0.350. The zero-order chi connectivity index (χ0) is 21.1. The molecule has 1 atom stereocenters. The van der Waals surface area contributed by atoms with Gasteiger partial charge in [-0.25, -0.2) is 4.79 Å². The molecule has 0 bridgehead atoms. The molecule has 0 spiro atoms. The summed E-state index contributed by atoms with van der Waals surface area (Å²) in [5.74, 6) is 0.777. The molecule has 1 aliphatic rings. The van der Waals surface area contributed by atoms with Crippen molar-refractivity contribution in [2.45, 2.75) is 32.4 Å². The highest BCUT2D eigenvalue weighted by atomic mass is 79.9. The Hall–Kier alpha value is -2.79. The van der Waals surface area contributed by atoms with E-state index in [0.29, 0.717) is 0 Å². The molecule has 1 amide bonds. The largest absolute Gasteiger partial charge is 0.497 e. The van der Waals surface area contributed by atoms with Crippen molar-refractivity contribution in [3.8, 4) is 5.75 Å². The summed E-state index contributed by atoms with van der Waals surface area (Å²) in [4.78, 5) is 15.2. The van der Waals surface area contributed by atoms with Gasteiger partial charge in [0.05, 0.1) is 18.8 Å². The molecular formula is C25H24BrNO3. The van der Waals surface area contributed by atoms with Crippen LogP contribution >= 0.6 is 15.9 Å². The normalized spacial score (nSPS) is 15.4. The lowest BCUT2D eigenvalue weighted by Crippen LogP contribution is -2.39. The highest BCUT2D eigenvalue weighted by Crippen LogP contribution is 2.44. The second-order valence-electron chi connectivity index (χ2n) is 7.50. The number of benzene rings is 3. The maximum atomic E-state index is 13.4. The first kappa shape index (κ1) is 20.5. The highest BCUT2D eigenvalue weighted by Gasteiger charge is 2.35. The first-order valence-corrected chi connectivity index (χ1v) is 10.8. The molecule has 3 aromatic carbocycles. The lowest BCUT2D eigenvalue weighted by molar-refractivity contribution is 0.143. The summed E-state index contributed by atoms with van der Waals surface area (Å²) in [6.45, 7) is 2.30. The Balaban J connectivity index is 1.71. The number of carbonyl (C=O) groups is 1. The fraction of sp³-hybridized carbons (Fsp3) is 0.240. The lowest BCUT2D eigenvalue weighted by Gasteiger charge is -2.37. The zero-order valence-electron chi connectivity index (χ0n) is 17.1. The Labute approximate surface area is 185 Å². The summed E-state index contributed by atoms with van der Waals surface area (Å²) in [6.07, 6.45) is 1.35. The number of anilines is 1. The second kappa shape index (κ2) is 8.92. The van der Waals surface area contributed by atoms with E-state index in [1.165, 1.54) is 0 Å². The summed E-state index contributed by atoms with van der Waals surface area (Å²) >= 11 is 3.69. The van der Waals surface area contributed by atoms with Gasteiger partial charge in [-0.05, 0) is 76.1 Å². The van der Waals surface area contributed by atoms with Gasteiger partial charge in [-0.3, -0.25) is 4.90 Å². The van der Waals surface area contributed by atoms with E-state index in [2.05, 4.69) is 28.9 Å². The van der Waals surface area contributed by atoms with E-state index in [1.807, 2.05) is 60.7 Å². The van der Waals surface area contributed by atoms with Crippen molar-refractivity contribution in [3.05, 3.63) is 93.5 Å². The molecule has 4 nitrogen and oxygen atoms in total. The summed E-state index contributed by atoms with van der Waals surface area (Å²) in [6, 6.07) is 21.7. The van der Waals surface area contributed by atoms with E-state index in [-0.39, 0.29) is 18.7 Å². The van der Waals surface area contributed by atoms with E-state index in [1.54, 1.807) is 12.0 Å². The van der Waals surface area contributed by atoms with Crippen LogP contribution in [0.3, 0.4) is 0 Å². The molecule has 0 fully saturated rings. The predicted octanol–water partition coefficient (Wildman–Crippen LogP) is 6.60. The van der Waals surface area contributed by atoms with Crippen molar-refractivity contribution in [2.75, 3.05) is 12.0 Å². The topological polar surface area (TPSA) is 38.8 Å². The Morgan fingerprint density at radius 3 is 2.67 bits per heavy atom. The van der Waals surface area contributed by atoms with E-state index < -0.39 is 0 Å². The third-order valence-corrected chi connectivity index (χ3v) is 6.01. The molecule has 0 N–H and O–H groups in total. The van der Waals surface area contributed by atoms with Crippen LogP contribution in [0.25, 0.3) is 0 Å². The Bertz CT molecular complexity index is 1050. The number of ether oxygens (including phenoxy) is 2. The van der Waals surface area contributed by atoms with Crippen LogP contribution < -0.4 is 9.64 Å². The predicted molar refractivity (Wildman–Crippen MR) is 122 cm³/mol. The van der Waals surface area contributed by atoms with Gasteiger partial charge in [0.1, 0.15) is 12.4 Å². The fourth-order valence-electron chi connectivity index (χ4n) is 4.02. The molecule has 1 unspecified atom stereocenters. The van der Waals surface area contributed by atoms with Crippen molar-refractivity contribution in [3.63, 3.8) is 0 Å². The van der Waals surface area contributed by atoms with Gasteiger partial charge in [-0.15, -0.1) is 0 Å². The van der Waals surface area contributed by atoms with Gasteiger partial charge in [-0.1, -0.05) is 48.5 Å². The second-order valence-corrected chi connectivity index (χ2v) is 8.35. The molecule has 0 aliphatic carbocycles. The van der Waals surface area contributed by atoms with Gasteiger partial charge in [0.15, 0.2) is 0 Å². The molecule has 0 saturated carbocycles. The van der Waals surface area contributed by atoms with Crippen LogP contribution in [0.4, 0.5) is 10.5 Å². The van der Waals surface area contributed by atoms with Crippen molar-refractivity contribution in [2.24, 2.45) is 0 Å². The minimum absolute atomic E-state index is 0.130. The van der Waals surface area contributed by atoms with Crippen LogP contribution in [0.1, 0.15) is 34.7 Å². The zero-order valence-corrected chi connectivity index (χ0v) is 18.7. The molecular weight excluding hydrogens is 442 g/mol. The molecule has 5 heteroatoms. The maximum absolute atomic E-state index is 13.4. The lowest BCUT2D eigenvalue weighted by atomic mass is 9.90. The van der Waals surface area contributed by atoms with Crippen LogP contribution in [-0.2, 0) is 17.8 Å². The Morgan fingerprint density at radius 2 is 1.90 bits per heavy atom. The molecule has 1 heterocycles. The van der Waals surface area contributed by atoms with Gasteiger partial charge >= 0.3 is 6.09 Å². The number of halogens is 1. The molecule has 0 saturated heterocycles. The number of hydrogen-bond acceptors (Lipinski definition) is 3. The molecule has 3 aromatic rings. The number of amides is 1. The SMILES string of the molecule is COc1cccc(C2CCc3cc(C)cc(Br)c3N2C(=O)OCc2ccccc2)c1. The Morgan fingerprint density at radius 1 is 1.10 bits per heavy atom. The van der Waals surface area contributed by atoms with Crippen LogP contribution in [-0.4, -0.2) is 13.2 Å². The van der Waals surface area contributed by atoms with Crippen LogP contribution in [0.2, 0.25) is 0 Å². The first-order chi connectivity index (χ1) is 14.6. The molecule has 4 rings (SSSR count). The maximum Gasteiger partial charge on any atom is 0.415 e. The molecule has 0 aromatic heterocycles. The third kappa shape index (κ3) is 4.21. The fourth-order valence-corrected chi connectivity index (χ4v) is 4.82. The molecule has 154 valence electrons. The average molecular weight is 466 g/mol. The van der Waals surface area contributed by atoms with Gasteiger partial charge < -0.3 is 9.47 Å². The highest BCUT2D eigenvalue weighted by molar-refractivity contribution is 9.10. The number of rotatable bonds is 4. The van der Waals surface area contributed by atoms with Crippen LogP contribution in [0, 0.1) is 6.92 Å². The van der Waals surface area contributed by atoms with Crippen molar-refractivity contribution >= 4 is 27.7 Å². The van der Waals surface area contributed by atoms with E-state index in [4.69, 9.17) is 9.47 Å². The Kier molecular flexibility index (Phi) is 6.09. The number of methoxy groups -OCH3 is 1. The molecule has 0 radical (unpaired) electrons. The molecule has 30 heavy (non-hydrogen) atoms. The van der Waals surface area contributed by atoms with Gasteiger partial charge in [0.25, 0.3) is 0 Å². The third-order valence-electron chi connectivity index (χ3n) is 5.41. The number of nitrogens with zero attached hydrogens (tertiary/aromatic N) is 1. The smallest absolute Gasteiger partial charge is 0.415 e.